The number of rotatable bonds is 2. The minimum Gasteiger partial charge on any atom is -0.478 e. The lowest BCUT2D eigenvalue weighted by molar-refractivity contribution is 0.0696. The van der Waals surface area contributed by atoms with Gasteiger partial charge < -0.3 is 15.7 Å². The standard InChI is InChI=1S/C15H21N3O2/c16-11-8-12(15(19)20)14(17-9-11)18-7-3-5-10-4-1-2-6-13(10)18/h8-10,13H,1-7,16H2,(H,19,20). The summed E-state index contributed by atoms with van der Waals surface area (Å²) in [6.45, 7) is 0.901. The first kappa shape index (κ1) is 13.2. The highest BCUT2D eigenvalue weighted by molar-refractivity contribution is 5.94. The van der Waals surface area contributed by atoms with Crippen LogP contribution in [-0.2, 0) is 0 Å². The topological polar surface area (TPSA) is 79.5 Å². The molecule has 1 saturated carbocycles. The molecule has 20 heavy (non-hydrogen) atoms. The Morgan fingerprint density at radius 3 is 2.85 bits per heavy atom. The molecule has 0 aromatic carbocycles. The Hall–Kier alpha value is -1.78. The summed E-state index contributed by atoms with van der Waals surface area (Å²) >= 11 is 0. The van der Waals surface area contributed by atoms with Crippen molar-refractivity contribution in [3.05, 3.63) is 17.8 Å². The van der Waals surface area contributed by atoms with Crippen LogP contribution in [0.1, 0.15) is 48.9 Å². The number of hydrogen-bond acceptors (Lipinski definition) is 4. The second-order valence-corrected chi connectivity index (χ2v) is 5.89. The number of piperidine rings is 1. The molecule has 0 radical (unpaired) electrons. The molecule has 5 heteroatoms. The number of pyridine rings is 1. The van der Waals surface area contributed by atoms with Crippen LogP contribution in [0.5, 0.6) is 0 Å². The Bertz CT molecular complexity index is 516. The van der Waals surface area contributed by atoms with E-state index in [-0.39, 0.29) is 5.56 Å². The minimum atomic E-state index is -0.947. The minimum absolute atomic E-state index is 0.233. The first-order valence-corrected chi connectivity index (χ1v) is 7.42. The quantitative estimate of drug-likeness (QED) is 0.867. The molecule has 2 unspecified atom stereocenters. The molecule has 1 saturated heterocycles. The highest BCUT2D eigenvalue weighted by Crippen LogP contribution is 2.38. The first-order valence-electron chi connectivity index (χ1n) is 7.42. The van der Waals surface area contributed by atoms with Crippen molar-refractivity contribution >= 4 is 17.5 Å². The van der Waals surface area contributed by atoms with E-state index >= 15 is 0 Å². The normalized spacial score (nSPS) is 26.1. The van der Waals surface area contributed by atoms with Gasteiger partial charge >= 0.3 is 5.97 Å². The number of carboxylic acid groups (broad SMARTS) is 1. The van der Waals surface area contributed by atoms with Gasteiger partial charge in [0, 0.05) is 12.6 Å². The summed E-state index contributed by atoms with van der Waals surface area (Å²) < 4.78 is 0. The maximum Gasteiger partial charge on any atom is 0.339 e. The van der Waals surface area contributed by atoms with Crippen LogP contribution in [0, 0.1) is 5.92 Å². The van der Waals surface area contributed by atoms with Crippen LogP contribution < -0.4 is 10.6 Å². The molecule has 2 atom stereocenters. The molecule has 1 aliphatic heterocycles. The lowest BCUT2D eigenvalue weighted by Crippen LogP contribution is -2.47. The van der Waals surface area contributed by atoms with Crippen LogP contribution in [0.4, 0.5) is 11.5 Å². The molecule has 2 aliphatic rings. The fourth-order valence-corrected chi connectivity index (χ4v) is 3.75. The predicted molar refractivity (Wildman–Crippen MR) is 77.9 cm³/mol. The number of nitrogens with two attached hydrogens (primary N) is 1. The van der Waals surface area contributed by atoms with Gasteiger partial charge in [-0.2, -0.15) is 0 Å². The van der Waals surface area contributed by atoms with Crippen LogP contribution in [0.25, 0.3) is 0 Å². The molecule has 0 bridgehead atoms. The summed E-state index contributed by atoms with van der Waals surface area (Å²) in [5.74, 6) is 0.347. The maximum atomic E-state index is 11.5. The lowest BCUT2D eigenvalue weighted by Gasteiger charge is -2.45. The van der Waals surface area contributed by atoms with E-state index in [0.29, 0.717) is 23.5 Å². The molecular weight excluding hydrogens is 254 g/mol. The van der Waals surface area contributed by atoms with Crippen LogP contribution in [-0.4, -0.2) is 28.6 Å². The summed E-state index contributed by atoms with van der Waals surface area (Å²) in [6.07, 6.45) is 8.89. The lowest BCUT2D eigenvalue weighted by atomic mass is 9.78. The summed E-state index contributed by atoms with van der Waals surface area (Å²) in [4.78, 5) is 18.0. The Balaban J connectivity index is 1.96. The van der Waals surface area contributed by atoms with Crippen molar-refractivity contribution in [1.29, 1.82) is 0 Å². The number of fused-ring (bicyclic) bond motifs is 1. The van der Waals surface area contributed by atoms with Crippen molar-refractivity contribution in [2.75, 3.05) is 17.2 Å². The molecule has 3 N–H and O–H groups in total. The summed E-state index contributed by atoms with van der Waals surface area (Å²) in [5, 5.41) is 9.39. The van der Waals surface area contributed by atoms with Crippen molar-refractivity contribution in [2.45, 2.75) is 44.6 Å². The third-order valence-electron chi connectivity index (χ3n) is 4.63. The monoisotopic (exact) mass is 275 g/mol. The zero-order valence-electron chi connectivity index (χ0n) is 11.6. The number of nitrogen functional groups attached to an aromatic ring is 1. The van der Waals surface area contributed by atoms with Gasteiger partial charge in [-0.3, -0.25) is 0 Å². The number of aromatic nitrogens is 1. The molecule has 0 amide bonds. The second-order valence-electron chi connectivity index (χ2n) is 5.89. The van der Waals surface area contributed by atoms with Gasteiger partial charge in [0.2, 0.25) is 0 Å². The van der Waals surface area contributed by atoms with E-state index in [4.69, 9.17) is 5.73 Å². The van der Waals surface area contributed by atoms with E-state index in [1.807, 2.05) is 0 Å². The molecule has 2 heterocycles. The van der Waals surface area contributed by atoms with Gasteiger partial charge in [0.1, 0.15) is 11.4 Å². The van der Waals surface area contributed by atoms with Crippen LogP contribution in [0.2, 0.25) is 0 Å². The Morgan fingerprint density at radius 1 is 1.30 bits per heavy atom. The molecule has 5 nitrogen and oxygen atoms in total. The molecule has 3 rings (SSSR count). The van der Waals surface area contributed by atoms with E-state index in [0.717, 1.165) is 19.4 Å². The van der Waals surface area contributed by atoms with Gasteiger partial charge in [0.25, 0.3) is 0 Å². The van der Waals surface area contributed by atoms with Gasteiger partial charge in [0.05, 0.1) is 11.9 Å². The SMILES string of the molecule is Nc1cnc(N2CCCC3CCCCC32)c(C(=O)O)c1. The average molecular weight is 275 g/mol. The third kappa shape index (κ3) is 2.32. The molecular formula is C15H21N3O2. The molecule has 1 aromatic rings. The first-order chi connectivity index (χ1) is 9.66. The van der Waals surface area contributed by atoms with Crippen molar-refractivity contribution in [1.82, 2.24) is 4.98 Å². The number of carbonyl (C=O) groups is 1. The zero-order valence-corrected chi connectivity index (χ0v) is 11.6. The fraction of sp³-hybridized carbons (Fsp3) is 0.600. The van der Waals surface area contributed by atoms with Crippen molar-refractivity contribution in [2.24, 2.45) is 5.92 Å². The molecule has 2 fully saturated rings. The molecule has 1 aliphatic carbocycles. The highest BCUT2D eigenvalue weighted by Gasteiger charge is 2.35. The number of hydrogen-bond donors (Lipinski definition) is 2. The third-order valence-corrected chi connectivity index (χ3v) is 4.63. The number of aromatic carboxylic acids is 1. The molecule has 0 spiro atoms. The van der Waals surface area contributed by atoms with Gasteiger partial charge in [-0.05, 0) is 37.7 Å². The van der Waals surface area contributed by atoms with E-state index in [1.54, 1.807) is 6.20 Å². The van der Waals surface area contributed by atoms with Crippen LogP contribution >= 0.6 is 0 Å². The van der Waals surface area contributed by atoms with Gasteiger partial charge in [-0.25, -0.2) is 9.78 Å². The molecule has 1 aromatic heterocycles. The Morgan fingerprint density at radius 2 is 2.05 bits per heavy atom. The van der Waals surface area contributed by atoms with E-state index in [9.17, 15) is 9.90 Å². The maximum absolute atomic E-state index is 11.5. The second kappa shape index (κ2) is 5.31. The zero-order chi connectivity index (χ0) is 14.1. The average Bonchev–Trinajstić information content (AvgIpc) is 2.46. The number of carboxylic acids is 1. The Labute approximate surface area is 118 Å². The van der Waals surface area contributed by atoms with Crippen LogP contribution in [0.3, 0.4) is 0 Å². The van der Waals surface area contributed by atoms with E-state index in [2.05, 4.69) is 9.88 Å². The highest BCUT2D eigenvalue weighted by atomic mass is 16.4. The van der Waals surface area contributed by atoms with E-state index in [1.165, 1.54) is 31.7 Å². The van der Waals surface area contributed by atoms with Gasteiger partial charge in [0.15, 0.2) is 0 Å². The van der Waals surface area contributed by atoms with Crippen molar-refractivity contribution in [3.8, 4) is 0 Å². The van der Waals surface area contributed by atoms with Crippen LogP contribution in [0.15, 0.2) is 12.3 Å². The largest absolute Gasteiger partial charge is 0.478 e. The number of nitrogens with zero attached hydrogens (tertiary/aromatic N) is 2. The fourth-order valence-electron chi connectivity index (χ4n) is 3.75. The Kier molecular flexibility index (Phi) is 3.51. The summed E-state index contributed by atoms with van der Waals surface area (Å²) in [6, 6.07) is 1.98. The summed E-state index contributed by atoms with van der Waals surface area (Å²) in [5.41, 5.74) is 6.32. The van der Waals surface area contributed by atoms with E-state index < -0.39 is 5.97 Å². The van der Waals surface area contributed by atoms with Gasteiger partial charge in [-0.15, -0.1) is 0 Å². The summed E-state index contributed by atoms with van der Waals surface area (Å²) in [7, 11) is 0. The number of anilines is 2. The van der Waals surface area contributed by atoms with Crippen molar-refractivity contribution in [3.63, 3.8) is 0 Å². The smallest absolute Gasteiger partial charge is 0.339 e. The predicted octanol–water partition coefficient (Wildman–Crippen LogP) is 2.52. The van der Waals surface area contributed by atoms with Crippen molar-refractivity contribution < 1.29 is 9.90 Å². The molecule has 108 valence electrons. The van der Waals surface area contributed by atoms with Gasteiger partial charge in [-0.1, -0.05) is 12.8 Å².